The lowest BCUT2D eigenvalue weighted by atomic mass is 10.1. The Morgan fingerprint density at radius 3 is 2.31 bits per heavy atom. The predicted molar refractivity (Wildman–Crippen MR) is 141 cm³/mol. The molecule has 0 spiro atoms. The van der Waals surface area contributed by atoms with Gasteiger partial charge in [-0.1, -0.05) is 49.0 Å². The van der Waals surface area contributed by atoms with Crippen LogP contribution in [0.3, 0.4) is 0 Å². The molecule has 190 valence electrons. The summed E-state index contributed by atoms with van der Waals surface area (Å²) in [5.41, 5.74) is 3.13. The number of aryl methyl sites for hydroxylation is 2. The third-order valence-electron chi connectivity index (χ3n) is 5.53. The van der Waals surface area contributed by atoms with Crippen LogP contribution in [-0.4, -0.2) is 52.7 Å². The fraction of sp³-hybridized carbons (Fsp3) is 0.333. The third-order valence-corrected chi connectivity index (χ3v) is 6.37. The number of anilines is 1. The van der Waals surface area contributed by atoms with Gasteiger partial charge in [0.25, 0.3) is 0 Å². The average Bonchev–Trinajstić information content (AvgIpc) is 2.87. The molecule has 9 heteroatoms. The zero-order valence-electron chi connectivity index (χ0n) is 21.3. The molecule has 0 fully saturated rings. The van der Waals surface area contributed by atoms with Crippen LogP contribution in [0, 0.1) is 13.8 Å². The number of amides is 2. The molecular formula is C27H32N4O4S. The summed E-state index contributed by atoms with van der Waals surface area (Å²) < 4.78 is 10.7. The van der Waals surface area contributed by atoms with E-state index in [2.05, 4.69) is 15.3 Å². The number of hydrogen-bond acceptors (Lipinski definition) is 7. The van der Waals surface area contributed by atoms with Gasteiger partial charge in [-0.05, 0) is 44.0 Å². The number of benzene rings is 2. The molecule has 0 aliphatic heterocycles. The highest BCUT2D eigenvalue weighted by Gasteiger charge is 2.29. The highest BCUT2D eigenvalue weighted by molar-refractivity contribution is 7.99. The molecule has 0 bridgehead atoms. The van der Waals surface area contributed by atoms with Crippen molar-refractivity contribution in [2.24, 2.45) is 0 Å². The van der Waals surface area contributed by atoms with E-state index in [1.807, 2.05) is 57.2 Å². The fourth-order valence-corrected chi connectivity index (χ4v) is 4.62. The first-order chi connectivity index (χ1) is 17.3. The maximum Gasteiger partial charge on any atom is 0.247 e. The van der Waals surface area contributed by atoms with Crippen molar-refractivity contribution in [2.75, 3.05) is 25.3 Å². The lowest BCUT2D eigenvalue weighted by Crippen LogP contribution is -2.47. The van der Waals surface area contributed by atoms with Crippen molar-refractivity contribution in [3.8, 4) is 11.5 Å². The Balaban J connectivity index is 1.83. The van der Waals surface area contributed by atoms with Crippen LogP contribution in [0.4, 0.5) is 5.69 Å². The van der Waals surface area contributed by atoms with Gasteiger partial charge in [-0.3, -0.25) is 9.59 Å². The van der Waals surface area contributed by atoms with E-state index in [-0.39, 0.29) is 17.6 Å². The smallest absolute Gasteiger partial charge is 0.247 e. The number of aromatic nitrogens is 2. The molecule has 0 aliphatic carbocycles. The van der Waals surface area contributed by atoms with Gasteiger partial charge in [0.05, 0.1) is 25.7 Å². The topological polar surface area (TPSA) is 93.7 Å². The molecule has 1 unspecified atom stereocenters. The van der Waals surface area contributed by atoms with Gasteiger partial charge in [0.2, 0.25) is 11.8 Å². The van der Waals surface area contributed by atoms with E-state index in [9.17, 15) is 9.59 Å². The molecule has 0 saturated heterocycles. The Morgan fingerprint density at radius 2 is 1.69 bits per heavy atom. The molecule has 0 radical (unpaired) electrons. The first kappa shape index (κ1) is 27.0. The minimum Gasteiger partial charge on any atom is -0.497 e. The number of carbonyl (C=O) groups is 2. The SMILES string of the molecule is CCC(C(=O)Nc1ccc(OC)cc1OC)N(Cc1ccccc1)C(=O)CSc1nc(C)cc(C)n1. The lowest BCUT2D eigenvalue weighted by molar-refractivity contribution is -0.137. The van der Waals surface area contributed by atoms with Gasteiger partial charge in [-0.2, -0.15) is 0 Å². The van der Waals surface area contributed by atoms with Crippen molar-refractivity contribution in [2.45, 2.75) is 44.9 Å². The standard InChI is InChI=1S/C27H32N4O4S/c1-6-23(26(33)30-22-13-12-21(34-4)15-24(22)35-5)31(16-20-10-8-7-9-11-20)25(32)17-36-27-28-18(2)14-19(3)29-27/h7-15,23H,6,16-17H2,1-5H3,(H,30,33). The summed E-state index contributed by atoms with van der Waals surface area (Å²) in [6.07, 6.45) is 0.438. The maximum atomic E-state index is 13.5. The number of methoxy groups -OCH3 is 2. The fourth-order valence-electron chi connectivity index (χ4n) is 3.78. The average molecular weight is 509 g/mol. The summed E-state index contributed by atoms with van der Waals surface area (Å²) in [4.78, 5) is 37.4. The molecule has 1 atom stereocenters. The second-order valence-electron chi connectivity index (χ2n) is 8.21. The van der Waals surface area contributed by atoms with E-state index in [4.69, 9.17) is 9.47 Å². The normalized spacial score (nSPS) is 11.5. The van der Waals surface area contributed by atoms with Crippen LogP contribution in [0.5, 0.6) is 11.5 Å². The van der Waals surface area contributed by atoms with Crippen LogP contribution in [0.1, 0.15) is 30.3 Å². The molecule has 0 aliphatic rings. The maximum absolute atomic E-state index is 13.5. The van der Waals surface area contributed by atoms with Crippen LogP contribution in [0.25, 0.3) is 0 Å². The van der Waals surface area contributed by atoms with E-state index < -0.39 is 6.04 Å². The third kappa shape index (κ3) is 7.21. The van der Waals surface area contributed by atoms with Crippen LogP contribution in [-0.2, 0) is 16.1 Å². The summed E-state index contributed by atoms with van der Waals surface area (Å²) in [6, 6.07) is 16.0. The minimum atomic E-state index is -0.690. The van der Waals surface area contributed by atoms with E-state index >= 15 is 0 Å². The number of rotatable bonds is 11. The van der Waals surface area contributed by atoms with Crippen molar-refractivity contribution < 1.29 is 19.1 Å². The van der Waals surface area contributed by atoms with Gasteiger partial charge in [0.15, 0.2) is 5.16 Å². The van der Waals surface area contributed by atoms with Crippen molar-refractivity contribution in [1.82, 2.24) is 14.9 Å². The molecule has 3 aromatic rings. The predicted octanol–water partition coefficient (Wildman–Crippen LogP) is 4.65. The van der Waals surface area contributed by atoms with Gasteiger partial charge in [0, 0.05) is 24.0 Å². The Bertz CT molecular complexity index is 1170. The van der Waals surface area contributed by atoms with Gasteiger partial charge >= 0.3 is 0 Å². The summed E-state index contributed by atoms with van der Waals surface area (Å²) in [5, 5.41) is 3.47. The van der Waals surface area contributed by atoms with Crippen molar-refractivity contribution in [1.29, 1.82) is 0 Å². The molecular weight excluding hydrogens is 476 g/mol. The molecule has 8 nitrogen and oxygen atoms in total. The molecule has 1 aromatic heterocycles. The zero-order chi connectivity index (χ0) is 26.1. The Kier molecular flexibility index (Phi) is 9.69. The second-order valence-corrected chi connectivity index (χ2v) is 9.15. The van der Waals surface area contributed by atoms with Crippen molar-refractivity contribution >= 4 is 29.3 Å². The number of hydrogen-bond donors (Lipinski definition) is 1. The monoisotopic (exact) mass is 508 g/mol. The number of nitrogens with one attached hydrogen (secondary N) is 1. The molecule has 1 N–H and O–H groups in total. The summed E-state index contributed by atoms with van der Waals surface area (Å²) in [5.74, 6) is 0.739. The minimum absolute atomic E-state index is 0.116. The quantitative estimate of drug-likeness (QED) is 0.298. The second kappa shape index (κ2) is 12.9. The lowest BCUT2D eigenvalue weighted by Gasteiger charge is -2.30. The molecule has 1 heterocycles. The molecule has 2 amide bonds. The summed E-state index contributed by atoms with van der Waals surface area (Å²) in [7, 11) is 3.09. The summed E-state index contributed by atoms with van der Waals surface area (Å²) in [6.45, 7) is 5.99. The summed E-state index contributed by atoms with van der Waals surface area (Å²) >= 11 is 1.27. The van der Waals surface area contributed by atoms with Crippen molar-refractivity contribution in [3.63, 3.8) is 0 Å². The van der Waals surface area contributed by atoms with E-state index in [1.54, 1.807) is 30.2 Å². The molecule has 0 saturated carbocycles. The first-order valence-corrected chi connectivity index (χ1v) is 12.6. The first-order valence-electron chi connectivity index (χ1n) is 11.7. The Labute approximate surface area is 216 Å². The highest BCUT2D eigenvalue weighted by Crippen LogP contribution is 2.29. The van der Waals surface area contributed by atoms with Crippen LogP contribution in [0.15, 0.2) is 59.8 Å². The Hall–Kier alpha value is -3.59. The Morgan fingerprint density at radius 1 is 1.00 bits per heavy atom. The number of nitrogens with zero attached hydrogens (tertiary/aromatic N) is 3. The largest absolute Gasteiger partial charge is 0.497 e. The highest BCUT2D eigenvalue weighted by atomic mass is 32.2. The van der Waals surface area contributed by atoms with Crippen LogP contribution in [0.2, 0.25) is 0 Å². The van der Waals surface area contributed by atoms with Gasteiger partial charge in [0.1, 0.15) is 17.5 Å². The van der Waals surface area contributed by atoms with Gasteiger partial charge in [-0.15, -0.1) is 0 Å². The number of thioether (sulfide) groups is 1. The zero-order valence-corrected chi connectivity index (χ0v) is 22.1. The number of ether oxygens (including phenoxy) is 2. The molecule has 2 aromatic carbocycles. The number of carbonyl (C=O) groups excluding carboxylic acids is 2. The van der Waals surface area contributed by atoms with Crippen molar-refractivity contribution in [3.05, 3.63) is 71.5 Å². The van der Waals surface area contributed by atoms with E-state index in [0.29, 0.717) is 35.3 Å². The van der Waals surface area contributed by atoms with E-state index in [1.165, 1.54) is 18.9 Å². The van der Waals surface area contributed by atoms with Gasteiger partial charge in [-0.25, -0.2) is 9.97 Å². The van der Waals surface area contributed by atoms with E-state index in [0.717, 1.165) is 17.0 Å². The molecule has 36 heavy (non-hydrogen) atoms. The molecule has 3 rings (SSSR count). The van der Waals surface area contributed by atoms with Gasteiger partial charge < -0.3 is 19.7 Å². The van der Waals surface area contributed by atoms with Crippen LogP contribution >= 0.6 is 11.8 Å². The van der Waals surface area contributed by atoms with Crippen LogP contribution < -0.4 is 14.8 Å².